The molecule has 1 aromatic heterocycles. The first-order valence-corrected chi connectivity index (χ1v) is 6.16. The molecule has 0 aromatic carbocycles. The van der Waals surface area contributed by atoms with Gasteiger partial charge in [-0.1, -0.05) is 6.07 Å². The molecule has 2 atom stereocenters. The van der Waals surface area contributed by atoms with Crippen molar-refractivity contribution in [2.24, 2.45) is 11.7 Å². The van der Waals surface area contributed by atoms with E-state index in [0.29, 0.717) is 5.92 Å². The van der Waals surface area contributed by atoms with Crippen molar-refractivity contribution < 1.29 is 4.74 Å². The lowest BCUT2D eigenvalue weighted by Crippen LogP contribution is -2.40. The van der Waals surface area contributed by atoms with E-state index in [1.165, 1.54) is 5.56 Å². The van der Waals surface area contributed by atoms with Crippen LogP contribution in [-0.2, 0) is 11.3 Å². The molecule has 4 nitrogen and oxygen atoms in total. The summed E-state index contributed by atoms with van der Waals surface area (Å²) in [5, 5.41) is 0. The van der Waals surface area contributed by atoms with Crippen molar-refractivity contribution in [2.75, 3.05) is 26.8 Å². The van der Waals surface area contributed by atoms with Crippen molar-refractivity contribution in [2.45, 2.75) is 19.0 Å². The topological polar surface area (TPSA) is 51.4 Å². The monoisotopic (exact) mass is 235 g/mol. The lowest BCUT2D eigenvalue weighted by atomic mass is 9.99. The molecule has 2 unspecified atom stereocenters. The molecule has 0 saturated carbocycles. The van der Waals surface area contributed by atoms with Gasteiger partial charge in [-0.15, -0.1) is 0 Å². The smallest absolute Gasteiger partial charge is 0.0510 e. The zero-order chi connectivity index (χ0) is 12.1. The molecule has 17 heavy (non-hydrogen) atoms. The fourth-order valence-corrected chi connectivity index (χ4v) is 2.27. The van der Waals surface area contributed by atoms with Gasteiger partial charge >= 0.3 is 0 Å². The van der Waals surface area contributed by atoms with Gasteiger partial charge in [-0.3, -0.25) is 4.98 Å². The van der Waals surface area contributed by atoms with E-state index in [-0.39, 0.29) is 6.04 Å². The van der Waals surface area contributed by atoms with Crippen LogP contribution >= 0.6 is 0 Å². The maximum absolute atomic E-state index is 6.20. The van der Waals surface area contributed by atoms with Crippen LogP contribution in [0.2, 0.25) is 0 Å². The summed E-state index contributed by atoms with van der Waals surface area (Å²) in [6.45, 7) is 3.49. The summed E-state index contributed by atoms with van der Waals surface area (Å²) in [4.78, 5) is 6.37. The largest absolute Gasteiger partial charge is 0.381 e. The molecule has 0 aliphatic carbocycles. The third kappa shape index (κ3) is 3.77. The van der Waals surface area contributed by atoms with Gasteiger partial charge in [0.15, 0.2) is 0 Å². The molecule has 2 heterocycles. The minimum absolute atomic E-state index is 0.208. The third-order valence-electron chi connectivity index (χ3n) is 3.27. The average molecular weight is 235 g/mol. The van der Waals surface area contributed by atoms with Crippen LogP contribution in [0.1, 0.15) is 12.0 Å². The molecule has 1 fully saturated rings. The van der Waals surface area contributed by atoms with Crippen LogP contribution in [-0.4, -0.2) is 42.7 Å². The van der Waals surface area contributed by atoms with Gasteiger partial charge in [0.2, 0.25) is 0 Å². The molecule has 0 bridgehead atoms. The van der Waals surface area contributed by atoms with Gasteiger partial charge in [0.25, 0.3) is 0 Å². The van der Waals surface area contributed by atoms with E-state index >= 15 is 0 Å². The minimum Gasteiger partial charge on any atom is -0.381 e. The van der Waals surface area contributed by atoms with Crippen LogP contribution in [0.25, 0.3) is 0 Å². The summed E-state index contributed by atoms with van der Waals surface area (Å²) >= 11 is 0. The Labute approximate surface area is 103 Å². The van der Waals surface area contributed by atoms with E-state index in [1.54, 1.807) is 6.20 Å². The average Bonchev–Trinajstić information content (AvgIpc) is 2.83. The highest BCUT2D eigenvalue weighted by molar-refractivity contribution is 5.08. The zero-order valence-corrected chi connectivity index (χ0v) is 10.4. The van der Waals surface area contributed by atoms with Crippen LogP contribution in [0.3, 0.4) is 0 Å². The Hall–Kier alpha value is -0.970. The predicted octanol–water partition coefficient (Wildman–Crippen LogP) is 0.877. The number of nitrogens with zero attached hydrogens (tertiary/aromatic N) is 2. The Morgan fingerprint density at radius 2 is 2.53 bits per heavy atom. The molecule has 1 saturated heterocycles. The number of nitrogens with two attached hydrogens (primary N) is 1. The number of pyridine rings is 1. The number of hydrogen-bond acceptors (Lipinski definition) is 4. The Kier molecular flexibility index (Phi) is 4.48. The fraction of sp³-hybridized carbons (Fsp3) is 0.615. The van der Waals surface area contributed by atoms with E-state index in [1.807, 2.05) is 12.3 Å². The highest BCUT2D eigenvalue weighted by Gasteiger charge is 2.23. The van der Waals surface area contributed by atoms with Gasteiger partial charge in [0.05, 0.1) is 6.61 Å². The van der Waals surface area contributed by atoms with Crippen LogP contribution in [0.5, 0.6) is 0 Å². The highest BCUT2D eigenvalue weighted by Crippen LogP contribution is 2.16. The van der Waals surface area contributed by atoms with Gasteiger partial charge in [-0.25, -0.2) is 0 Å². The first kappa shape index (κ1) is 12.5. The zero-order valence-electron chi connectivity index (χ0n) is 10.4. The molecule has 1 aliphatic rings. The van der Waals surface area contributed by atoms with Crippen LogP contribution in [0, 0.1) is 5.92 Å². The number of hydrogen-bond donors (Lipinski definition) is 1. The minimum atomic E-state index is 0.208. The van der Waals surface area contributed by atoms with E-state index in [4.69, 9.17) is 10.5 Å². The second-order valence-electron chi connectivity index (χ2n) is 4.85. The highest BCUT2D eigenvalue weighted by atomic mass is 16.5. The summed E-state index contributed by atoms with van der Waals surface area (Å²) in [7, 11) is 2.10. The number of likely N-dealkylation sites (N-methyl/N-ethyl adjacent to an activating group) is 1. The molecule has 1 aliphatic heterocycles. The number of aromatic nitrogens is 1. The Bertz CT molecular complexity index is 325. The van der Waals surface area contributed by atoms with E-state index in [9.17, 15) is 0 Å². The summed E-state index contributed by atoms with van der Waals surface area (Å²) in [5.41, 5.74) is 7.42. The van der Waals surface area contributed by atoms with Gasteiger partial charge in [-0.05, 0) is 25.1 Å². The maximum atomic E-state index is 6.20. The van der Waals surface area contributed by atoms with Gasteiger partial charge in [-0.2, -0.15) is 0 Å². The predicted molar refractivity (Wildman–Crippen MR) is 67.5 cm³/mol. The molecule has 0 radical (unpaired) electrons. The second kappa shape index (κ2) is 6.10. The third-order valence-corrected chi connectivity index (χ3v) is 3.27. The first-order valence-electron chi connectivity index (χ1n) is 6.16. The Morgan fingerprint density at radius 1 is 1.65 bits per heavy atom. The van der Waals surface area contributed by atoms with E-state index in [2.05, 4.69) is 23.0 Å². The van der Waals surface area contributed by atoms with Crippen molar-refractivity contribution in [3.8, 4) is 0 Å². The Morgan fingerprint density at radius 3 is 3.18 bits per heavy atom. The van der Waals surface area contributed by atoms with Crippen molar-refractivity contribution in [1.82, 2.24) is 9.88 Å². The van der Waals surface area contributed by atoms with E-state index < -0.39 is 0 Å². The van der Waals surface area contributed by atoms with Crippen molar-refractivity contribution in [3.05, 3.63) is 30.1 Å². The molecule has 0 spiro atoms. The second-order valence-corrected chi connectivity index (χ2v) is 4.85. The standard InChI is InChI=1S/C13H21N3O/c1-16(8-11-3-2-5-15-7-11)9-13(14)12-4-6-17-10-12/h2-3,5,7,12-13H,4,6,8-10,14H2,1H3. The normalized spacial score (nSPS) is 21.9. The summed E-state index contributed by atoms with van der Waals surface area (Å²) < 4.78 is 5.37. The first-order chi connectivity index (χ1) is 8.25. The summed E-state index contributed by atoms with van der Waals surface area (Å²) in [6, 6.07) is 4.26. The maximum Gasteiger partial charge on any atom is 0.0510 e. The molecule has 2 N–H and O–H groups in total. The molecular formula is C13H21N3O. The van der Waals surface area contributed by atoms with Crippen LogP contribution < -0.4 is 5.73 Å². The van der Waals surface area contributed by atoms with Gasteiger partial charge < -0.3 is 15.4 Å². The lowest BCUT2D eigenvalue weighted by Gasteiger charge is -2.24. The van der Waals surface area contributed by atoms with Crippen molar-refractivity contribution in [1.29, 1.82) is 0 Å². The molecule has 1 aromatic rings. The summed E-state index contributed by atoms with van der Waals surface area (Å²) in [6.07, 6.45) is 4.80. The molecule has 4 heteroatoms. The van der Waals surface area contributed by atoms with Gasteiger partial charge in [0, 0.05) is 44.0 Å². The number of rotatable bonds is 5. The lowest BCUT2D eigenvalue weighted by molar-refractivity contribution is 0.173. The summed E-state index contributed by atoms with van der Waals surface area (Å²) in [5.74, 6) is 0.520. The molecule has 0 amide bonds. The van der Waals surface area contributed by atoms with Crippen LogP contribution in [0.4, 0.5) is 0 Å². The quantitative estimate of drug-likeness (QED) is 0.823. The van der Waals surface area contributed by atoms with E-state index in [0.717, 1.165) is 32.7 Å². The van der Waals surface area contributed by atoms with Crippen molar-refractivity contribution >= 4 is 0 Å². The molecular weight excluding hydrogens is 214 g/mol. The molecule has 2 rings (SSSR count). The molecule has 94 valence electrons. The van der Waals surface area contributed by atoms with Crippen molar-refractivity contribution in [3.63, 3.8) is 0 Å². The van der Waals surface area contributed by atoms with Crippen LogP contribution in [0.15, 0.2) is 24.5 Å². The Balaban J connectivity index is 1.78. The van der Waals surface area contributed by atoms with Gasteiger partial charge in [0.1, 0.15) is 0 Å². The number of ether oxygens (including phenoxy) is 1. The fourth-order valence-electron chi connectivity index (χ4n) is 2.27. The SMILES string of the molecule is CN(Cc1cccnc1)CC(N)C1CCOC1.